The predicted octanol–water partition coefficient (Wildman–Crippen LogP) is 5.25. The van der Waals surface area contributed by atoms with Gasteiger partial charge in [0, 0.05) is 25.2 Å². The van der Waals surface area contributed by atoms with Gasteiger partial charge in [-0.2, -0.15) is 0 Å². The maximum absolute atomic E-state index is 14.3. The molecule has 1 unspecified atom stereocenters. The molecule has 2 aromatic carbocycles. The number of ether oxygens (including phenoxy) is 5. The predicted molar refractivity (Wildman–Crippen MR) is 238 cm³/mol. The van der Waals surface area contributed by atoms with Crippen LogP contribution in [0, 0.1) is 16.7 Å². The van der Waals surface area contributed by atoms with E-state index in [1.165, 1.54) is 26.2 Å². The molecule has 1 aromatic heterocycles. The molecular formula is C46H65N7O11. The fourth-order valence-electron chi connectivity index (χ4n) is 6.31. The fraction of sp³-hybridized carbons (Fsp3) is 0.500. The summed E-state index contributed by atoms with van der Waals surface area (Å²) in [6, 6.07) is 17.7. The van der Waals surface area contributed by atoms with Crippen LogP contribution >= 0.6 is 0 Å². The van der Waals surface area contributed by atoms with Gasteiger partial charge in [0.2, 0.25) is 12.2 Å². The van der Waals surface area contributed by atoms with Crippen molar-refractivity contribution >= 4 is 36.1 Å². The van der Waals surface area contributed by atoms with Gasteiger partial charge in [0.05, 0.1) is 32.5 Å². The molecule has 350 valence electrons. The summed E-state index contributed by atoms with van der Waals surface area (Å²) in [5, 5.41) is 9.67. The summed E-state index contributed by atoms with van der Waals surface area (Å²) in [5.74, 6) is -2.34. The highest BCUT2D eigenvalue weighted by Gasteiger charge is 2.39. The van der Waals surface area contributed by atoms with Crippen molar-refractivity contribution in [2.24, 2.45) is 22.5 Å². The van der Waals surface area contributed by atoms with Crippen molar-refractivity contribution in [3.8, 4) is 11.3 Å². The number of nitrogens with zero attached hydrogens (tertiary/aromatic N) is 2. The van der Waals surface area contributed by atoms with Crippen molar-refractivity contribution < 1.29 is 52.5 Å². The molecule has 0 fully saturated rings. The van der Waals surface area contributed by atoms with E-state index in [9.17, 15) is 28.8 Å². The smallest absolute Gasteiger partial charge is 0.453 e. The molecule has 0 aliphatic rings. The van der Waals surface area contributed by atoms with E-state index >= 15 is 0 Å². The average Bonchev–Trinajstić information content (AvgIpc) is 3.23. The summed E-state index contributed by atoms with van der Waals surface area (Å²) in [6.45, 7) is 15.0. The van der Waals surface area contributed by atoms with E-state index in [4.69, 9.17) is 29.4 Å². The number of carbonyl (C=O) groups excluding carboxylic acids is 6. The Morgan fingerprint density at radius 3 is 1.77 bits per heavy atom. The topological polar surface area (TPSA) is 239 Å². The van der Waals surface area contributed by atoms with Gasteiger partial charge in [-0.1, -0.05) is 116 Å². The number of hydrazine groups is 1. The minimum Gasteiger partial charge on any atom is -0.453 e. The van der Waals surface area contributed by atoms with Gasteiger partial charge in [0.1, 0.15) is 24.2 Å². The highest BCUT2D eigenvalue weighted by Crippen LogP contribution is 2.24. The fourth-order valence-corrected chi connectivity index (χ4v) is 6.31. The summed E-state index contributed by atoms with van der Waals surface area (Å²) >= 11 is 0. The number of hydrogen-bond donors (Lipinski definition) is 5. The lowest BCUT2D eigenvalue weighted by atomic mass is 9.85. The van der Waals surface area contributed by atoms with Gasteiger partial charge in [-0.25, -0.2) is 19.4 Å². The quantitative estimate of drug-likeness (QED) is 0.0448. The molecule has 3 aromatic rings. The Bertz CT molecular complexity index is 1990. The summed E-state index contributed by atoms with van der Waals surface area (Å²) in [7, 11) is 2.36. The summed E-state index contributed by atoms with van der Waals surface area (Å²) in [5.41, 5.74) is 10.2. The largest absolute Gasteiger partial charge is 0.511 e. The third kappa shape index (κ3) is 16.8. The van der Waals surface area contributed by atoms with E-state index in [0.29, 0.717) is 5.56 Å². The molecule has 0 bridgehead atoms. The Hall–Kier alpha value is -6.27. The first kappa shape index (κ1) is 52.1. The van der Waals surface area contributed by atoms with Gasteiger partial charge in [-0.05, 0) is 46.4 Å². The molecule has 18 heteroatoms. The Kier molecular flexibility index (Phi) is 19.5. The number of pyridine rings is 1. The lowest BCUT2D eigenvalue weighted by Gasteiger charge is -2.37. The molecule has 1 heterocycles. The third-order valence-electron chi connectivity index (χ3n) is 9.97. The Balaban J connectivity index is 2.17. The van der Waals surface area contributed by atoms with Gasteiger partial charge in [-0.3, -0.25) is 24.8 Å². The Morgan fingerprint density at radius 1 is 0.688 bits per heavy atom. The summed E-state index contributed by atoms with van der Waals surface area (Å²) < 4.78 is 26.4. The minimum atomic E-state index is -1.44. The molecule has 0 radical (unpaired) electrons. The van der Waals surface area contributed by atoms with E-state index in [1.807, 2.05) is 60.7 Å². The van der Waals surface area contributed by atoms with E-state index in [0.717, 1.165) is 16.8 Å². The lowest BCUT2D eigenvalue weighted by Crippen LogP contribution is -2.61. The molecule has 0 saturated heterocycles. The highest BCUT2D eigenvalue weighted by molar-refractivity contribution is 5.87. The number of rotatable bonds is 19. The van der Waals surface area contributed by atoms with E-state index in [2.05, 4.69) is 26.4 Å². The van der Waals surface area contributed by atoms with Crippen LogP contribution in [0.3, 0.4) is 0 Å². The lowest BCUT2D eigenvalue weighted by molar-refractivity contribution is -0.172. The molecule has 4 amide bonds. The van der Waals surface area contributed by atoms with Crippen LogP contribution in [0.25, 0.3) is 11.3 Å². The molecule has 0 aliphatic carbocycles. The van der Waals surface area contributed by atoms with Crippen molar-refractivity contribution in [1.82, 2.24) is 31.4 Å². The number of aromatic nitrogens is 1. The first-order valence-corrected chi connectivity index (χ1v) is 20.9. The number of benzene rings is 2. The normalized spacial score (nSPS) is 14.4. The van der Waals surface area contributed by atoms with Crippen molar-refractivity contribution in [1.29, 1.82) is 0 Å². The van der Waals surface area contributed by atoms with E-state index in [-0.39, 0.29) is 25.4 Å². The monoisotopic (exact) mass is 891 g/mol. The number of carbonyl (C=O) groups is 6. The average molecular weight is 892 g/mol. The summed E-state index contributed by atoms with van der Waals surface area (Å²) in [4.78, 5) is 84.4. The molecule has 3 rings (SSSR count). The molecule has 6 N–H and O–H groups in total. The van der Waals surface area contributed by atoms with Crippen LogP contribution in [0.2, 0.25) is 0 Å². The zero-order valence-corrected chi connectivity index (χ0v) is 38.6. The number of hydrogen-bond acceptors (Lipinski definition) is 14. The number of methoxy groups -OCH3 is 2. The van der Waals surface area contributed by atoms with E-state index < -0.39 is 83.5 Å². The first-order valence-electron chi connectivity index (χ1n) is 20.9. The van der Waals surface area contributed by atoms with E-state index in [1.54, 1.807) is 73.7 Å². The number of esters is 1. The van der Waals surface area contributed by atoms with Crippen LogP contribution in [-0.2, 0) is 51.0 Å². The van der Waals surface area contributed by atoms with Crippen LogP contribution in [-0.4, -0.2) is 103 Å². The molecule has 18 nitrogen and oxygen atoms in total. The van der Waals surface area contributed by atoms with Gasteiger partial charge in [0.15, 0.2) is 0 Å². The highest BCUT2D eigenvalue weighted by atomic mass is 16.8. The third-order valence-corrected chi connectivity index (χ3v) is 9.97. The second-order valence-electron chi connectivity index (χ2n) is 17.7. The molecule has 64 heavy (non-hydrogen) atoms. The molecule has 0 saturated carbocycles. The van der Waals surface area contributed by atoms with Crippen LogP contribution in [0.15, 0.2) is 79.0 Å². The van der Waals surface area contributed by atoms with Gasteiger partial charge < -0.3 is 45.4 Å². The van der Waals surface area contributed by atoms with Crippen molar-refractivity contribution in [2.45, 2.75) is 112 Å². The Morgan fingerprint density at radius 2 is 1.25 bits per heavy atom. The second kappa shape index (κ2) is 24.0. The zero-order valence-electron chi connectivity index (χ0n) is 38.6. The Labute approximate surface area is 375 Å². The molecule has 6 atom stereocenters. The van der Waals surface area contributed by atoms with Crippen LogP contribution < -0.4 is 27.1 Å². The van der Waals surface area contributed by atoms with Gasteiger partial charge in [-0.15, -0.1) is 0 Å². The van der Waals surface area contributed by atoms with Gasteiger partial charge >= 0.3 is 24.3 Å². The number of amides is 4. The zero-order chi connectivity index (χ0) is 47.8. The molecule has 0 spiro atoms. The number of nitrogens with one attached hydrogen (secondary N) is 4. The SMILES string of the molecule is COC(=O)N[C@H](C(=O)N[C@@H](Cc1ccccc1)[C@H](CN(Cc1ccc(-c2ccccn2)cc1)NC(=O)[C@@H](NC(=O)OC)C(C)(C)C)OC(=O)OC(C)OC(=O)[C@@H](N)C(C)C)C(C)(C)C. The number of nitrogens with two attached hydrogens (primary N) is 1. The van der Waals surface area contributed by atoms with Crippen molar-refractivity contribution in [3.05, 3.63) is 90.1 Å². The maximum Gasteiger partial charge on any atom is 0.511 e. The van der Waals surface area contributed by atoms with Crippen LogP contribution in [0.4, 0.5) is 14.4 Å². The van der Waals surface area contributed by atoms with Crippen molar-refractivity contribution in [2.75, 3.05) is 20.8 Å². The van der Waals surface area contributed by atoms with Crippen LogP contribution in [0.5, 0.6) is 0 Å². The minimum absolute atomic E-state index is 0.0137. The van der Waals surface area contributed by atoms with Crippen LogP contribution in [0.1, 0.15) is 73.4 Å². The number of alkyl carbamates (subject to hydrolysis) is 2. The van der Waals surface area contributed by atoms with Gasteiger partial charge in [0.25, 0.3) is 5.91 Å². The standard InChI is InChI=1S/C46H65N7O11/c1-28(2)36(47)41(56)62-29(3)63-44(59)64-35(34(25-30-17-13-12-14-18-30)49-39(54)37(45(4,5)6)50-42(57)60-10)27-53(52-40(55)38(46(7,8)9)51-43(58)61-11)26-31-20-22-32(23-21-31)33-19-15-16-24-48-33/h12-24,28-29,34-38H,25-27,47H2,1-11H3,(H,49,54)(H,50,57)(H,51,58)(H,52,55)/t29?,34-,35-,36-,37+,38+/m0/s1. The maximum atomic E-state index is 14.3. The first-order chi connectivity index (χ1) is 30.0. The second-order valence-corrected chi connectivity index (χ2v) is 17.7. The van der Waals surface area contributed by atoms with Crippen molar-refractivity contribution in [3.63, 3.8) is 0 Å². The molecular weight excluding hydrogens is 827 g/mol. The summed E-state index contributed by atoms with van der Waals surface area (Å²) in [6.07, 6.45) is -3.98. The molecule has 0 aliphatic heterocycles.